The van der Waals surface area contributed by atoms with Gasteiger partial charge in [0.25, 0.3) is 5.91 Å². The van der Waals surface area contributed by atoms with Crippen LogP contribution in [-0.2, 0) is 0 Å². The molecule has 1 saturated heterocycles. The van der Waals surface area contributed by atoms with E-state index in [-0.39, 0.29) is 11.4 Å². The molecule has 0 spiro atoms. The van der Waals surface area contributed by atoms with E-state index >= 15 is 0 Å². The van der Waals surface area contributed by atoms with Gasteiger partial charge in [-0.2, -0.15) is 0 Å². The van der Waals surface area contributed by atoms with Crippen LogP contribution in [0.15, 0.2) is 48.1 Å². The molecule has 7 nitrogen and oxygen atoms in total. The summed E-state index contributed by atoms with van der Waals surface area (Å²) in [6, 6.07) is 9.65. The fourth-order valence-electron chi connectivity index (χ4n) is 3.34. The maximum Gasteiger partial charge on any atom is 0.258 e. The van der Waals surface area contributed by atoms with E-state index in [2.05, 4.69) is 32.8 Å². The van der Waals surface area contributed by atoms with Crippen LogP contribution in [0.2, 0.25) is 0 Å². The monoisotopic (exact) mass is 408 g/mol. The summed E-state index contributed by atoms with van der Waals surface area (Å²) in [7, 11) is 0. The second-order valence-electron chi connectivity index (χ2n) is 7.46. The molecule has 3 aromatic rings. The lowest BCUT2D eigenvalue weighted by molar-refractivity contribution is 0.102. The standard InChI is InChI=1S/C21H24N6OS/c1-21(6-8-23-9-7-21)27-20-24-12-15(13-25-20)19(28)26-17-11-14(4-5-16(17)22)18-3-2-10-29-18/h2-5,10-13,23H,6-9,22H2,1H3,(H,26,28)(H,24,25,27). The molecule has 0 saturated carbocycles. The Morgan fingerprint density at radius 2 is 1.97 bits per heavy atom. The van der Waals surface area contributed by atoms with E-state index < -0.39 is 0 Å². The van der Waals surface area contributed by atoms with E-state index in [9.17, 15) is 4.79 Å². The fraction of sp³-hybridized carbons (Fsp3) is 0.286. The van der Waals surface area contributed by atoms with Crippen LogP contribution in [0.4, 0.5) is 17.3 Å². The minimum atomic E-state index is -0.292. The van der Waals surface area contributed by atoms with Gasteiger partial charge in [-0.1, -0.05) is 12.1 Å². The summed E-state index contributed by atoms with van der Waals surface area (Å²) in [6.07, 6.45) is 5.07. The zero-order valence-electron chi connectivity index (χ0n) is 16.2. The SMILES string of the molecule is CC1(Nc2ncc(C(=O)Nc3cc(-c4cccs4)ccc3N)cn2)CCNCC1. The lowest BCUT2D eigenvalue weighted by atomic mass is 9.91. The number of hydrogen-bond donors (Lipinski definition) is 4. The summed E-state index contributed by atoms with van der Waals surface area (Å²) in [5, 5.41) is 11.6. The lowest BCUT2D eigenvalue weighted by Gasteiger charge is -2.34. The molecular formula is C21H24N6OS. The molecule has 150 valence electrons. The highest BCUT2D eigenvalue weighted by Crippen LogP contribution is 2.30. The zero-order chi connectivity index (χ0) is 20.3. The number of carbonyl (C=O) groups is 1. The first-order chi connectivity index (χ1) is 14.0. The number of nitrogen functional groups attached to an aromatic ring is 1. The topological polar surface area (TPSA) is 105 Å². The molecule has 8 heteroatoms. The molecule has 0 atom stereocenters. The average molecular weight is 409 g/mol. The summed E-state index contributed by atoms with van der Waals surface area (Å²) in [6.45, 7) is 4.10. The van der Waals surface area contributed by atoms with Crippen LogP contribution in [0, 0.1) is 0 Å². The van der Waals surface area contributed by atoms with Crippen LogP contribution in [0.1, 0.15) is 30.1 Å². The molecule has 1 aromatic carbocycles. The number of thiophene rings is 1. The molecule has 1 amide bonds. The van der Waals surface area contributed by atoms with Gasteiger partial charge in [0.1, 0.15) is 0 Å². The van der Waals surface area contributed by atoms with Crippen LogP contribution in [-0.4, -0.2) is 34.5 Å². The first kappa shape index (κ1) is 19.4. The molecule has 2 aromatic heterocycles. The molecule has 4 rings (SSSR count). The number of nitrogens with two attached hydrogens (primary N) is 1. The van der Waals surface area contributed by atoms with E-state index in [1.165, 1.54) is 12.4 Å². The number of aromatic nitrogens is 2. The maximum atomic E-state index is 12.7. The number of nitrogens with zero attached hydrogens (tertiary/aromatic N) is 2. The third-order valence-corrected chi connectivity index (χ3v) is 6.06. The fourth-order valence-corrected chi connectivity index (χ4v) is 4.06. The molecule has 0 bridgehead atoms. The van der Waals surface area contributed by atoms with Gasteiger partial charge in [0.15, 0.2) is 0 Å². The van der Waals surface area contributed by atoms with Crippen LogP contribution in [0.25, 0.3) is 10.4 Å². The quantitative estimate of drug-likeness (QED) is 0.481. The summed E-state index contributed by atoms with van der Waals surface area (Å²) in [5.41, 5.74) is 8.49. The molecule has 0 radical (unpaired) electrons. The number of piperidine rings is 1. The van der Waals surface area contributed by atoms with Crippen molar-refractivity contribution in [2.24, 2.45) is 0 Å². The van der Waals surface area contributed by atoms with Crippen molar-refractivity contribution in [3.05, 3.63) is 53.7 Å². The predicted molar refractivity (Wildman–Crippen MR) is 118 cm³/mol. The van der Waals surface area contributed by atoms with Gasteiger partial charge in [0, 0.05) is 22.8 Å². The van der Waals surface area contributed by atoms with Crippen molar-refractivity contribution in [3.8, 4) is 10.4 Å². The number of carbonyl (C=O) groups excluding carboxylic acids is 1. The summed E-state index contributed by atoms with van der Waals surface area (Å²) in [4.78, 5) is 22.4. The van der Waals surface area contributed by atoms with Crippen LogP contribution >= 0.6 is 11.3 Å². The number of benzene rings is 1. The third-order valence-electron chi connectivity index (χ3n) is 5.14. The van der Waals surface area contributed by atoms with Crippen LogP contribution < -0.4 is 21.7 Å². The number of rotatable bonds is 5. The Morgan fingerprint density at radius 1 is 1.21 bits per heavy atom. The molecular weight excluding hydrogens is 384 g/mol. The highest BCUT2D eigenvalue weighted by Gasteiger charge is 2.27. The van der Waals surface area contributed by atoms with Gasteiger partial charge in [-0.3, -0.25) is 4.79 Å². The molecule has 0 aliphatic carbocycles. The molecule has 1 fully saturated rings. The van der Waals surface area contributed by atoms with Gasteiger partial charge in [0.2, 0.25) is 5.95 Å². The number of anilines is 3. The third kappa shape index (κ3) is 4.55. The Labute approximate surface area is 173 Å². The van der Waals surface area contributed by atoms with E-state index in [0.29, 0.717) is 22.9 Å². The maximum absolute atomic E-state index is 12.7. The highest BCUT2D eigenvalue weighted by molar-refractivity contribution is 7.13. The second kappa shape index (κ2) is 8.18. The largest absolute Gasteiger partial charge is 0.397 e. The predicted octanol–water partition coefficient (Wildman–Crippen LogP) is 3.59. The molecule has 1 aliphatic rings. The van der Waals surface area contributed by atoms with Crippen molar-refractivity contribution < 1.29 is 4.79 Å². The molecule has 29 heavy (non-hydrogen) atoms. The van der Waals surface area contributed by atoms with Crippen LogP contribution in [0.5, 0.6) is 0 Å². The Kier molecular flexibility index (Phi) is 5.46. The van der Waals surface area contributed by atoms with Gasteiger partial charge in [0.05, 0.1) is 16.9 Å². The first-order valence-electron chi connectivity index (χ1n) is 9.58. The minimum absolute atomic E-state index is 0.0360. The van der Waals surface area contributed by atoms with Gasteiger partial charge in [-0.05, 0) is 62.0 Å². The summed E-state index contributed by atoms with van der Waals surface area (Å²) >= 11 is 1.64. The summed E-state index contributed by atoms with van der Waals surface area (Å²) in [5.74, 6) is 0.241. The van der Waals surface area contributed by atoms with Crippen molar-refractivity contribution >= 4 is 34.6 Å². The summed E-state index contributed by atoms with van der Waals surface area (Å²) < 4.78 is 0. The van der Waals surface area contributed by atoms with E-state index in [4.69, 9.17) is 5.73 Å². The number of nitrogens with one attached hydrogen (secondary N) is 3. The van der Waals surface area contributed by atoms with Crippen molar-refractivity contribution in [2.45, 2.75) is 25.3 Å². The Balaban J connectivity index is 1.45. The zero-order valence-corrected chi connectivity index (χ0v) is 17.1. The van der Waals surface area contributed by atoms with Gasteiger partial charge < -0.3 is 21.7 Å². The van der Waals surface area contributed by atoms with Gasteiger partial charge in [-0.25, -0.2) is 9.97 Å². The van der Waals surface area contributed by atoms with Crippen molar-refractivity contribution in [2.75, 3.05) is 29.5 Å². The van der Waals surface area contributed by atoms with Crippen molar-refractivity contribution in [3.63, 3.8) is 0 Å². The molecule has 1 aliphatic heterocycles. The van der Waals surface area contributed by atoms with E-state index in [0.717, 1.165) is 36.4 Å². The van der Waals surface area contributed by atoms with Crippen LogP contribution in [0.3, 0.4) is 0 Å². The van der Waals surface area contributed by atoms with E-state index in [1.807, 2.05) is 29.6 Å². The minimum Gasteiger partial charge on any atom is -0.397 e. The Hall–Kier alpha value is -2.97. The Bertz CT molecular complexity index is 981. The Morgan fingerprint density at radius 3 is 2.66 bits per heavy atom. The highest BCUT2D eigenvalue weighted by atomic mass is 32.1. The molecule has 0 unspecified atom stereocenters. The van der Waals surface area contributed by atoms with Crippen molar-refractivity contribution in [1.82, 2.24) is 15.3 Å². The van der Waals surface area contributed by atoms with E-state index in [1.54, 1.807) is 17.4 Å². The average Bonchev–Trinajstić information content (AvgIpc) is 3.25. The smallest absolute Gasteiger partial charge is 0.258 e. The van der Waals surface area contributed by atoms with Crippen molar-refractivity contribution in [1.29, 1.82) is 0 Å². The lowest BCUT2D eigenvalue weighted by Crippen LogP contribution is -2.45. The van der Waals surface area contributed by atoms with Gasteiger partial charge in [-0.15, -0.1) is 11.3 Å². The van der Waals surface area contributed by atoms with Gasteiger partial charge >= 0.3 is 0 Å². The molecule has 3 heterocycles. The number of amides is 1. The second-order valence-corrected chi connectivity index (χ2v) is 8.41. The normalized spacial score (nSPS) is 15.6. The first-order valence-corrected chi connectivity index (χ1v) is 10.5. The number of hydrogen-bond acceptors (Lipinski definition) is 7. The molecule has 5 N–H and O–H groups in total.